The Morgan fingerprint density at radius 3 is 2.68 bits per heavy atom. The van der Waals surface area contributed by atoms with Crippen molar-refractivity contribution in [2.75, 3.05) is 5.32 Å². The molecule has 3 N–H and O–H groups in total. The summed E-state index contributed by atoms with van der Waals surface area (Å²) in [5, 5.41) is 14.9. The number of thiocarbonyl (C=S) groups is 1. The van der Waals surface area contributed by atoms with Crippen LogP contribution >= 0.6 is 12.2 Å². The summed E-state index contributed by atoms with van der Waals surface area (Å²) in [6.07, 6.45) is 0.795. The Balaban J connectivity index is 2.07. The van der Waals surface area contributed by atoms with Crippen molar-refractivity contribution in [1.82, 2.24) is 5.32 Å². The van der Waals surface area contributed by atoms with Crippen molar-refractivity contribution in [3.8, 4) is 5.75 Å². The molecule has 1 amide bonds. The molecule has 0 spiro atoms. The maximum atomic E-state index is 13.5. The van der Waals surface area contributed by atoms with E-state index in [0.29, 0.717) is 5.69 Å². The molecule has 2 rings (SSSR count). The summed E-state index contributed by atoms with van der Waals surface area (Å²) in [4.78, 5) is 11.9. The van der Waals surface area contributed by atoms with Crippen molar-refractivity contribution in [1.29, 1.82) is 0 Å². The van der Waals surface area contributed by atoms with Gasteiger partial charge in [-0.2, -0.15) is 0 Å². The fourth-order valence-electron chi connectivity index (χ4n) is 1.87. The van der Waals surface area contributed by atoms with Crippen LogP contribution in [0.5, 0.6) is 5.75 Å². The number of carbonyl (C=O) groups excluding carboxylic acids is 1. The fourth-order valence-corrected chi connectivity index (χ4v) is 2.08. The Morgan fingerprint density at radius 1 is 1.27 bits per heavy atom. The molecule has 22 heavy (non-hydrogen) atoms. The summed E-state index contributed by atoms with van der Waals surface area (Å²) >= 11 is 5.02. The molecule has 114 valence electrons. The summed E-state index contributed by atoms with van der Waals surface area (Å²) < 4.78 is 13.5. The highest BCUT2D eigenvalue weighted by molar-refractivity contribution is 7.80. The predicted molar refractivity (Wildman–Crippen MR) is 87.6 cm³/mol. The van der Waals surface area contributed by atoms with Crippen molar-refractivity contribution in [3.05, 3.63) is 59.4 Å². The van der Waals surface area contributed by atoms with E-state index in [1.807, 2.05) is 6.92 Å². The highest BCUT2D eigenvalue weighted by Crippen LogP contribution is 2.24. The predicted octanol–water partition coefficient (Wildman–Crippen LogP) is 3.22. The van der Waals surface area contributed by atoms with Crippen LogP contribution in [0.2, 0.25) is 0 Å². The molecule has 4 nitrogen and oxygen atoms in total. The van der Waals surface area contributed by atoms with Crippen molar-refractivity contribution in [3.63, 3.8) is 0 Å². The fraction of sp³-hybridized carbons (Fsp3) is 0.125. The molecule has 0 radical (unpaired) electrons. The van der Waals surface area contributed by atoms with Crippen LogP contribution in [0.1, 0.15) is 22.8 Å². The van der Waals surface area contributed by atoms with Crippen LogP contribution in [0, 0.1) is 5.82 Å². The minimum absolute atomic E-state index is 0.0136. The van der Waals surface area contributed by atoms with Crippen LogP contribution in [0.15, 0.2) is 42.5 Å². The van der Waals surface area contributed by atoms with Crippen LogP contribution in [0.25, 0.3) is 0 Å². The number of rotatable bonds is 3. The average Bonchev–Trinajstić information content (AvgIpc) is 2.49. The number of anilines is 1. The van der Waals surface area contributed by atoms with Crippen molar-refractivity contribution >= 4 is 28.9 Å². The Bertz CT molecular complexity index is 719. The lowest BCUT2D eigenvalue weighted by Gasteiger charge is -2.12. The zero-order chi connectivity index (χ0) is 16.1. The van der Waals surface area contributed by atoms with Crippen LogP contribution in [-0.4, -0.2) is 16.1 Å². The van der Waals surface area contributed by atoms with Gasteiger partial charge in [0.25, 0.3) is 5.91 Å². The number of hydrogen-bond donors (Lipinski definition) is 3. The smallest absolute Gasteiger partial charge is 0.260 e. The molecule has 0 aliphatic carbocycles. The van der Waals surface area contributed by atoms with Crippen LogP contribution in [0.4, 0.5) is 10.1 Å². The number of phenols is 1. The first kappa shape index (κ1) is 15.9. The first-order chi connectivity index (χ1) is 10.5. The number of amides is 1. The van der Waals surface area contributed by atoms with Gasteiger partial charge in [-0.25, -0.2) is 4.39 Å². The number of aryl methyl sites for hydroxylation is 1. The highest BCUT2D eigenvalue weighted by Gasteiger charge is 2.13. The molecule has 0 saturated carbocycles. The van der Waals surface area contributed by atoms with Crippen LogP contribution < -0.4 is 10.6 Å². The molecule has 6 heteroatoms. The number of hydrogen-bond acceptors (Lipinski definition) is 3. The summed E-state index contributed by atoms with van der Waals surface area (Å²) in [5.74, 6) is -1.26. The SMILES string of the molecule is CCc1ccc(O)c(NC(=S)NC(=O)c2ccccc2F)c1. The molecular formula is C16H15FN2O2S. The number of aromatic hydroxyl groups is 1. The Morgan fingerprint density at radius 2 is 2.00 bits per heavy atom. The van der Waals surface area contributed by atoms with Gasteiger partial charge in [0.2, 0.25) is 0 Å². The van der Waals surface area contributed by atoms with E-state index < -0.39 is 11.7 Å². The second-order valence-corrected chi connectivity index (χ2v) is 5.00. The first-order valence-electron chi connectivity index (χ1n) is 6.70. The number of phenolic OH excluding ortho intramolecular Hbond substituents is 1. The zero-order valence-electron chi connectivity index (χ0n) is 11.9. The summed E-state index contributed by atoms with van der Waals surface area (Å²) in [5.41, 5.74) is 1.29. The van der Waals surface area contributed by atoms with E-state index in [-0.39, 0.29) is 16.4 Å². The third kappa shape index (κ3) is 3.79. The van der Waals surface area contributed by atoms with Gasteiger partial charge in [-0.3, -0.25) is 10.1 Å². The molecule has 0 heterocycles. The number of halogens is 1. The third-order valence-corrected chi connectivity index (χ3v) is 3.27. The van der Waals surface area contributed by atoms with E-state index in [0.717, 1.165) is 12.0 Å². The van der Waals surface area contributed by atoms with E-state index in [9.17, 15) is 14.3 Å². The van der Waals surface area contributed by atoms with Crippen LogP contribution in [-0.2, 0) is 6.42 Å². The lowest BCUT2D eigenvalue weighted by atomic mass is 10.1. The van der Waals surface area contributed by atoms with Crippen molar-refractivity contribution in [2.45, 2.75) is 13.3 Å². The normalized spacial score (nSPS) is 10.1. The number of nitrogens with one attached hydrogen (secondary N) is 2. The second-order valence-electron chi connectivity index (χ2n) is 4.59. The molecule has 0 bridgehead atoms. The first-order valence-corrected chi connectivity index (χ1v) is 7.11. The molecule has 0 atom stereocenters. The van der Waals surface area contributed by atoms with Gasteiger partial charge >= 0.3 is 0 Å². The van der Waals surface area contributed by atoms with Crippen LogP contribution in [0.3, 0.4) is 0 Å². The minimum Gasteiger partial charge on any atom is -0.506 e. The average molecular weight is 318 g/mol. The molecule has 2 aromatic rings. The molecule has 0 aliphatic rings. The molecule has 0 aromatic heterocycles. The van der Waals surface area contributed by atoms with E-state index in [4.69, 9.17) is 12.2 Å². The molecule has 0 unspecified atom stereocenters. The molecular weight excluding hydrogens is 303 g/mol. The van der Waals surface area contributed by atoms with Gasteiger partial charge in [0, 0.05) is 0 Å². The van der Waals surface area contributed by atoms with Gasteiger partial charge in [0.1, 0.15) is 11.6 Å². The Kier molecular flexibility index (Phi) is 5.06. The van der Waals surface area contributed by atoms with Gasteiger partial charge < -0.3 is 10.4 Å². The van der Waals surface area contributed by atoms with Gasteiger partial charge in [0.05, 0.1) is 11.3 Å². The molecule has 0 saturated heterocycles. The Labute approximate surface area is 133 Å². The second kappa shape index (κ2) is 7.00. The minimum atomic E-state index is -0.651. The summed E-state index contributed by atoms with van der Waals surface area (Å²) in [6, 6.07) is 10.7. The highest BCUT2D eigenvalue weighted by atomic mass is 32.1. The van der Waals surface area contributed by atoms with E-state index >= 15 is 0 Å². The van der Waals surface area contributed by atoms with E-state index in [1.54, 1.807) is 24.3 Å². The molecule has 0 aliphatic heterocycles. The van der Waals surface area contributed by atoms with Crippen molar-refractivity contribution in [2.24, 2.45) is 0 Å². The largest absolute Gasteiger partial charge is 0.506 e. The molecule has 2 aromatic carbocycles. The zero-order valence-corrected chi connectivity index (χ0v) is 12.7. The summed E-state index contributed by atoms with van der Waals surface area (Å²) in [7, 11) is 0. The van der Waals surface area contributed by atoms with Gasteiger partial charge in [-0.05, 0) is 48.5 Å². The van der Waals surface area contributed by atoms with E-state index in [1.165, 1.54) is 18.2 Å². The lowest BCUT2D eigenvalue weighted by molar-refractivity contribution is 0.0974. The standard InChI is InChI=1S/C16H15FN2O2S/c1-2-10-7-8-14(20)13(9-10)18-16(22)19-15(21)11-5-3-4-6-12(11)17/h3-9,20H,2H2,1H3,(H2,18,19,21,22). The quantitative estimate of drug-likeness (QED) is 0.601. The molecule has 0 fully saturated rings. The maximum Gasteiger partial charge on any atom is 0.260 e. The third-order valence-electron chi connectivity index (χ3n) is 3.06. The number of benzene rings is 2. The lowest BCUT2D eigenvalue weighted by Crippen LogP contribution is -2.34. The van der Waals surface area contributed by atoms with Gasteiger partial charge in [-0.15, -0.1) is 0 Å². The number of carbonyl (C=O) groups is 1. The topological polar surface area (TPSA) is 61.4 Å². The monoisotopic (exact) mass is 318 g/mol. The van der Waals surface area contributed by atoms with Gasteiger partial charge in [-0.1, -0.05) is 25.1 Å². The van der Waals surface area contributed by atoms with E-state index in [2.05, 4.69) is 10.6 Å². The maximum absolute atomic E-state index is 13.5. The summed E-state index contributed by atoms with van der Waals surface area (Å²) in [6.45, 7) is 1.98. The Hall–Kier alpha value is -2.47. The van der Waals surface area contributed by atoms with Gasteiger partial charge in [0.15, 0.2) is 5.11 Å². The van der Waals surface area contributed by atoms with Crippen molar-refractivity contribution < 1.29 is 14.3 Å².